The number of hydrogen-bond donors (Lipinski definition) is 0. The first-order chi connectivity index (χ1) is 3.41. The molecule has 0 saturated heterocycles. The van der Waals surface area contributed by atoms with E-state index in [0.29, 0.717) is 0 Å². The molecule has 0 aromatic rings. The molecule has 0 spiro atoms. The van der Waals surface area contributed by atoms with Gasteiger partial charge in [0.25, 0.3) is 0 Å². The molecule has 0 rings (SSSR count). The van der Waals surface area contributed by atoms with E-state index in [9.17, 15) is 2.96 Å². The molecule has 0 fully saturated rings. The minimum Gasteiger partial charge on any atom is -0.486 e. The molecule has 0 aliphatic rings. The first kappa shape index (κ1) is 11.9. The Labute approximate surface area is 71.5 Å². The van der Waals surface area contributed by atoms with E-state index in [4.69, 9.17) is 0 Å². The van der Waals surface area contributed by atoms with Crippen LogP contribution < -0.4 is 0 Å². The molecular weight excluding hydrogens is 183 g/mol. The van der Waals surface area contributed by atoms with Gasteiger partial charge in [-0.2, -0.15) is 0 Å². The summed E-state index contributed by atoms with van der Waals surface area (Å²) in [5.41, 5.74) is 0. The van der Waals surface area contributed by atoms with Gasteiger partial charge in [-0.05, 0) is 0 Å². The lowest BCUT2D eigenvalue weighted by Gasteiger charge is -1.87. The summed E-state index contributed by atoms with van der Waals surface area (Å²) in [6.45, 7) is 2.14. The highest BCUT2D eigenvalue weighted by Gasteiger charge is 1.90. The summed E-state index contributed by atoms with van der Waals surface area (Å²) in [7, 11) is 0. The van der Waals surface area contributed by atoms with Crippen molar-refractivity contribution < 1.29 is 2.96 Å². The Hall–Kier alpha value is 1.18. The average Bonchev–Trinajstić information content (AvgIpc) is 1.69. The van der Waals surface area contributed by atoms with E-state index in [1.807, 2.05) is 0 Å². The lowest BCUT2D eigenvalue weighted by Crippen LogP contribution is -1.77. The SMILES string of the molecule is Br.CCCC[CH2][Mg][F]. The fraction of sp³-hybridized carbons (Fsp3) is 1.00. The molecule has 0 N–H and O–H groups in total. The molecule has 0 aliphatic heterocycles. The molecule has 0 unspecified atom stereocenters. The topological polar surface area (TPSA) is 0 Å². The van der Waals surface area contributed by atoms with Crippen LogP contribution in [0.25, 0.3) is 0 Å². The summed E-state index contributed by atoms with van der Waals surface area (Å²) in [6, 6.07) is 0. The fourth-order valence-electron chi connectivity index (χ4n) is 0.521. The molecule has 0 heterocycles. The third-order valence-electron chi connectivity index (χ3n) is 0.987. The molecule has 48 valence electrons. The van der Waals surface area contributed by atoms with Crippen LogP contribution in [0, 0.1) is 0 Å². The van der Waals surface area contributed by atoms with Gasteiger partial charge in [0.05, 0.1) is 0 Å². The largest absolute Gasteiger partial charge is 0.614 e. The predicted octanol–water partition coefficient (Wildman–Crippen LogP) is 2.76. The molecule has 0 nitrogen and oxygen atoms in total. The Kier molecular flexibility index (Phi) is 16.4. The van der Waals surface area contributed by atoms with Crippen molar-refractivity contribution in [3.63, 3.8) is 0 Å². The van der Waals surface area contributed by atoms with Crippen LogP contribution in [0.1, 0.15) is 26.2 Å². The van der Waals surface area contributed by atoms with Crippen molar-refractivity contribution in [2.75, 3.05) is 0 Å². The molecule has 0 bridgehead atoms. The van der Waals surface area contributed by atoms with Crippen LogP contribution in [0.3, 0.4) is 0 Å². The lowest BCUT2D eigenvalue weighted by molar-refractivity contribution is 0.746. The van der Waals surface area contributed by atoms with Crippen molar-refractivity contribution in [2.45, 2.75) is 30.7 Å². The number of unbranched alkanes of at least 4 members (excludes halogenated alkanes) is 2. The molecule has 0 radical (unpaired) electrons. The molecule has 0 amide bonds. The standard InChI is InChI=1S/C5H11.BrH.FH.Mg/c1-3-5-4-2;;;/h1,3-5H2,2H3;2*1H;/q;;;+1/p-1. The molecule has 0 aromatic carbocycles. The average molecular weight is 195 g/mol. The minimum atomic E-state index is -1.11. The smallest absolute Gasteiger partial charge is 0.486 e. The van der Waals surface area contributed by atoms with Crippen LogP contribution in [0.5, 0.6) is 0 Å². The van der Waals surface area contributed by atoms with Gasteiger partial charge in [0.1, 0.15) is 0 Å². The van der Waals surface area contributed by atoms with Crippen molar-refractivity contribution in [3.8, 4) is 0 Å². The van der Waals surface area contributed by atoms with Crippen LogP contribution in [0.2, 0.25) is 4.55 Å². The van der Waals surface area contributed by atoms with E-state index < -0.39 is 20.9 Å². The van der Waals surface area contributed by atoms with Gasteiger partial charge in [-0.1, -0.05) is 26.2 Å². The van der Waals surface area contributed by atoms with Crippen molar-refractivity contribution in [1.29, 1.82) is 0 Å². The zero-order valence-corrected chi connectivity index (χ0v) is 8.45. The van der Waals surface area contributed by atoms with Crippen LogP contribution in [-0.4, -0.2) is 20.9 Å². The van der Waals surface area contributed by atoms with E-state index in [1.54, 1.807) is 0 Å². The van der Waals surface area contributed by atoms with E-state index in [1.165, 1.54) is 12.8 Å². The molecule has 0 atom stereocenters. The monoisotopic (exact) mass is 194 g/mol. The second-order valence-corrected chi connectivity index (χ2v) is 2.83. The Balaban J connectivity index is 0. The number of rotatable bonds is 4. The Bertz CT molecular complexity index is 31.6. The third-order valence-corrected chi connectivity index (χ3v) is 1.75. The van der Waals surface area contributed by atoms with E-state index in [0.717, 1.165) is 11.0 Å². The van der Waals surface area contributed by atoms with Crippen molar-refractivity contribution in [3.05, 3.63) is 0 Å². The summed E-state index contributed by atoms with van der Waals surface area (Å²) in [6.07, 6.45) is 3.56. The van der Waals surface area contributed by atoms with Crippen molar-refractivity contribution in [1.82, 2.24) is 0 Å². The summed E-state index contributed by atoms with van der Waals surface area (Å²) in [5.74, 6) is 0. The second-order valence-electron chi connectivity index (χ2n) is 1.75. The normalized spacial score (nSPS) is 7.25. The van der Waals surface area contributed by atoms with Crippen LogP contribution >= 0.6 is 17.0 Å². The first-order valence-corrected chi connectivity index (χ1v) is 4.51. The van der Waals surface area contributed by atoms with E-state index in [2.05, 4.69) is 6.92 Å². The van der Waals surface area contributed by atoms with Gasteiger partial charge < -0.3 is 2.96 Å². The molecule has 0 saturated carbocycles. The number of hydrogen-bond acceptors (Lipinski definition) is 0. The number of halogens is 2. The van der Waals surface area contributed by atoms with Crippen LogP contribution in [0.15, 0.2) is 0 Å². The summed E-state index contributed by atoms with van der Waals surface area (Å²) >= 11 is -1.11. The third kappa shape index (κ3) is 10.2. The van der Waals surface area contributed by atoms with Gasteiger partial charge in [0.15, 0.2) is 0 Å². The molecule has 0 aromatic heterocycles. The lowest BCUT2D eigenvalue weighted by atomic mass is 10.3. The van der Waals surface area contributed by atoms with Gasteiger partial charge in [-0.15, -0.1) is 21.5 Å². The highest BCUT2D eigenvalue weighted by atomic mass is 79.9. The van der Waals surface area contributed by atoms with Crippen molar-refractivity contribution >= 4 is 37.9 Å². The first-order valence-electron chi connectivity index (χ1n) is 2.97. The quantitative estimate of drug-likeness (QED) is 0.478. The highest BCUT2D eigenvalue weighted by molar-refractivity contribution is 8.93. The Morgan fingerprint density at radius 2 is 2.00 bits per heavy atom. The zero-order valence-electron chi connectivity index (χ0n) is 5.32. The van der Waals surface area contributed by atoms with E-state index >= 15 is 0 Å². The Morgan fingerprint density at radius 1 is 1.38 bits per heavy atom. The minimum absolute atomic E-state index is 0. The fourth-order valence-corrected chi connectivity index (χ4v) is 1.06. The van der Waals surface area contributed by atoms with E-state index in [-0.39, 0.29) is 17.0 Å². The van der Waals surface area contributed by atoms with Gasteiger partial charge in [0.2, 0.25) is 0 Å². The molecule has 3 heteroatoms. The van der Waals surface area contributed by atoms with Gasteiger partial charge in [-0.3, -0.25) is 0 Å². The summed E-state index contributed by atoms with van der Waals surface area (Å²) in [5, 5.41) is 0. The molecule has 0 aliphatic carbocycles. The Morgan fingerprint density at radius 3 is 2.38 bits per heavy atom. The zero-order chi connectivity index (χ0) is 5.54. The summed E-state index contributed by atoms with van der Waals surface area (Å²) < 4.78 is 12.4. The predicted molar refractivity (Wildman–Crippen MR) is 41.5 cm³/mol. The molecule has 8 heavy (non-hydrogen) atoms. The highest BCUT2D eigenvalue weighted by Crippen LogP contribution is 1.97. The maximum absolute atomic E-state index is 11.5. The maximum atomic E-state index is 11.5. The molecular formula is C5H12BrFMg. The van der Waals surface area contributed by atoms with Gasteiger partial charge in [-0.25, -0.2) is 0 Å². The maximum Gasteiger partial charge on any atom is 0.614 e. The van der Waals surface area contributed by atoms with Gasteiger partial charge >= 0.3 is 20.9 Å². The van der Waals surface area contributed by atoms with Crippen LogP contribution in [0.4, 0.5) is 2.96 Å². The van der Waals surface area contributed by atoms with Crippen molar-refractivity contribution in [2.24, 2.45) is 0 Å². The second kappa shape index (κ2) is 11.0. The summed E-state index contributed by atoms with van der Waals surface area (Å²) in [4.78, 5) is 0. The van der Waals surface area contributed by atoms with Gasteiger partial charge in [0, 0.05) is 0 Å². The van der Waals surface area contributed by atoms with Crippen LogP contribution in [-0.2, 0) is 0 Å².